The van der Waals surface area contributed by atoms with Crippen molar-refractivity contribution in [3.63, 3.8) is 0 Å². The fraction of sp³-hybridized carbons (Fsp3) is 0.875. The summed E-state index contributed by atoms with van der Waals surface area (Å²) in [7, 11) is 1.06. The summed E-state index contributed by atoms with van der Waals surface area (Å²) in [5.41, 5.74) is -1.02. The molecule has 68 heavy (non-hydrogen) atoms. The van der Waals surface area contributed by atoms with Crippen LogP contribution in [0.15, 0.2) is 11.6 Å². The zero-order chi connectivity index (χ0) is 49.9. The number of hydrogen-bond acceptors (Lipinski definition) is 18. The SMILES string of the molecule is COC(=O)CO[C@H]1O[C@@H]2[C@@H](O)[C@H](O[C@H]3CC[C@]4(C)[C@H]5CC=C6[C@@H]7CC(C)(C)CC[C@]7(C(=O)O[C@@H]7O[C@H](CO)[C@@H](O)[C@H](O)[C@H]7O)CC[C@@]6(C)[C@]5(C)CC[C@H]4C3(C)C)O[C@H](C(=O)O)[C@H]2O[C@@]1(O)C(=O)O. The monoisotopic (exact) mass is 968 g/mol. The summed E-state index contributed by atoms with van der Waals surface area (Å²) in [5, 5.41) is 84.4. The topological polar surface area (TPSA) is 304 Å². The van der Waals surface area contributed by atoms with Gasteiger partial charge >= 0.3 is 29.7 Å². The van der Waals surface area contributed by atoms with Crippen molar-refractivity contribution in [2.45, 2.75) is 192 Å². The van der Waals surface area contributed by atoms with Gasteiger partial charge in [-0.05, 0) is 109 Å². The van der Waals surface area contributed by atoms with Crippen molar-refractivity contribution >= 4 is 23.9 Å². The van der Waals surface area contributed by atoms with Gasteiger partial charge in [0.2, 0.25) is 12.6 Å². The fourth-order valence-corrected chi connectivity index (χ4v) is 14.8. The van der Waals surface area contributed by atoms with E-state index in [0.29, 0.717) is 25.7 Å². The molecule has 0 aromatic rings. The van der Waals surface area contributed by atoms with E-state index in [4.69, 9.17) is 33.2 Å². The number of aliphatic hydroxyl groups is 6. The van der Waals surface area contributed by atoms with Gasteiger partial charge in [-0.2, -0.15) is 0 Å². The molecule has 4 saturated carbocycles. The molecule has 20 atom stereocenters. The summed E-state index contributed by atoms with van der Waals surface area (Å²) >= 11 is 0. The molecular formula is C48H72O20. The van der Waals surface area contributed by atoms with Crippen molar-refractivity contribution in [2.75, 3.05) is 20.3 Å². The van der Waals surface area contributed by atoms with E-state index in [0.717, 1.165) is 45.6 Å². The summed E-state index contributed by atoms with van der Waals surface area (Å²) in [6.07, 6.45) is -9.87. The Morgan fingerprint density at radius 3 is 2.12 bits per heavy atom. The number of carbonyl (C=O) groups is 4. The standard InChI is InChI=1S/C48H72O20/c1-42(2)15-17-47(40(59)67-37-31(53)30(52)29(51)24(20-49)63-37)18-16-45(6)22(23(47)19-42)9-10-26-44(5)13-12-27(43(3,4)25(44)11-14-46(26,45)7)64-38-32(54)33-34(35(65-38)36(55)56)68-48(60,39(57)58)41(66-33)62-21-28(50)61-8/h9,23-27,29-35,37-38,41,49,51-54,60H,10-21H2,1-8H3,(H,55,56)(H,57,58)/t23-,24+,25-,26+,27-,29+,30-,31+,32+,33+,34-,35-,37-,38+,41-,44-,45+,46+,47-,48-/m0/s1. The lowest BCUT2D eigenvalue weighted by atomic mass is 9.33. The van der Waals surface area contributed by atoms with Gasteiger partial charge in [0.1, 0.15) is 49.3 Å². The van der Waals surface area contributed by atoms with E-state index in [1.54, 1.807) is 0 Å². The third kappa shape index (κ3) is 7.86. The number of aliphatic carboxylic acids is 2. The molecule has 3 heterocycles. The number of methoxy groups -OCH3 is 1. The maximum Gasteiger partial charge on any atom is 0.369 e. The predicted octanol–water partition coefficient (Wildman–Crippen LogP) is 1.76. The second-order valence-corrected chi connectivity index (χ2v) is 23.1. The van der Waals surface area contributed by atoms with Crippen LogP contribution >= 0.6 is 0 Å². The number of carbonyl (C=O) groups excluding carboxylic acids is 2. The normalized spacial score (nSPS) is 49.3. The Labute approximate surface area is 395 Å². The molecule has 5 aliphatic carbocycles. The first kappa shape index (κ1) is 51.5. The molecule has 0 radical (unpaired) electrons. The van der Waals surface area contributed by atoms with Gasteiger partial charge in [0, 0.05) is 0 Å². The van der Waals surface area contributed by atoms with Crippen LogP contribution in [0.25, 0.3) is 0 Å². The molecule has 20 heteroatoms. The van der Waals surface area contributed by atoms with E-state index in [2.05, 4.69) is 59.3 Å². The summed E-state index contributed by atoms with van der Waals surface area (Å²) < 4.78 is 45.0. The van der Waals surface area contributed by atoms with E-state index >= 15 is 0 Å². The first-order valence-corrected chi connectivity index (χ1v) is 24.1. The number of allylic oxidation sites excluding steroid dienone is 2. The van der Waals surface area contributed by atoms with Crippen LogP contribution in [0.5, 0.6) is 0 Å². The zero-order valence-corrected chi connectivity index (χ0v) is 40.2. The lowest BCUT2D eigenvalue weighted by Crippen LogP contribution is -2.72. The second-order valence-electron chi connectivity index (χ2n) is 23.1. The number of carboxylic acids is 2. The first-order chi connectivity index (χ1) is 31.7. The van der Waals surface area contributed by atoms with Gasteiger partial charge in [0.15, 0.2) is 12.4 Å². The van der Waals surface area contributed by atoms with Crippen LogP contribution in [0.2, 0.25) is 0 Å². The molecule has 20 nitrogen and oxygen atoms in total. The second kappa shape index (κ2) is 17.7. The molecule has 8 rings (SSSR count). The number of carboxylic acid groups (broad SMARTS) is 2. The van der Waals surface area contributed by atoms with Crippen molar-refractivity contribution in [1.29, 1.82) is 0 Å². The number of esters is 2. The van der Waals surface area contributed by atoms with E-state index in [1.165, 1.54) is 5.57 Å². The molecule has 0 spiro atoms. The molecule has 0 bridgehead atoms. The fourth-order valence-electron chi connectivity index (χ4n) is 14.8. The van der Waals surface area contributed by atoms with Crippen LogP contribution in [0, 0.1) is 50.2 Å². The summed E-state index contributed by atoms with van der Waals surface area (Å²) in [5.74, 6) is -8.18. The quantitative estimate of drug-likeness (QED) is 0.0879. The van der Waals surface area contributed by atoms with Crippen LogP contribution in [-0.4, -0.2) is 165 Å². The molecule has 3 saturated heterocycles. The Bertz CT molecular complexity index is 2010. The minimum absolute atomic E-state index is 0.0838. The van der Waals surface area contributed by atoms with Gasteiger partial charge in [-0.1, -0.05) is 60.1 Å². The minimum atomic E-state index is -3.28. The Morgan fingerprint density at radius 2 is 1.47 bits per heavy atom. The smallest absolute Gasteiger partial charge is 0.369 e. The Hall–Kier alpha value is -2.86. The lowest BCUT2D eigenvalue weighted by Gasteiger charge is -2.71. The molecule has 0 aromatic heterocycles. The van der Waals surface area contributed by atoms with Crippen LogP contribution in [-0.2, 0) is 57.1 Å². The highest BCUT2D eigenvalue weighted by Crippen LogP contribution is 2.76. The lowest BCUT2D eigenvalue weighted by molar-refractivity contribution is -0.435. The summed E-state index contributed by atoms with van der Waals surface area (Å²) in [6, 6.07) is 0. The molecule has 8 aliphatic rings. The van der Waals surface area contributed by atoms with Crippen LogP contribution in [0.3, 0.4) is 0 Å². The number of fused-ring (bicyclic) bond motifs is 8. The average molecular weight is 969 g/mol. The highest BCUT2D eigenvalue weighted by molar-refractivity contribution is 5.79. The van der Waals surface area contributed by atoms with Crippen molar-refractivity contribution in [2.24, 2.45) is 50.2 Å². The van der Waals surface area contributed by atoms with E-state index in [1.807, 2.05) is 0 Å². The van der Waals surface area contributed by atoms with Crippen LogP contribution in [0.4, 0.5) is 0 Å². The molecule has 0 aromatic carbocycles. The number of hydrogen-bond donors (Lipinski definition) is 8. The van der Waals surface area contributed by atoms with Gasteiger partial charge < -0.3 is 78.7 Å². The average Bonchev–Trinajstić information content (AvgIpc) is 3.27. The van der Waals surface area contributed by atoms with Gasteiger partial charge in [-0.15, -0.1) is 0 Å². The van der Waals surface area contributed by atoms with Gasteiger partial charge in [0.25, 0.3) is 0 Å². The molecule has 3 aliphatic heterocycles. The Kier molecular flexibility index (Phi) is 13.4. The summed E-state index contributed by atoms with van der Waals surface area (Å²) in [4.78, 5) is 51.4. The van der Waals surface area contributed by atoms with E-state index in [-0.39, 0.29) is 39.4 Å². The van der Waals surface area contributed by atoms with E-state index < -0.39 is 128 Å². The third-order valence-electron chi connectivity index (χ3n) is 18.9. The van der Waals surface area contributed by atoms with Crippen molar-refractivity contribution < 1.29 is 97.9 Å². The van der Waals surface area contributed by atoms with Crippen molar-refractivity contribution in [1.82, 2.24) is 0 Å². The molecule has 384 valence electrons. The molecule has 0 unspecified atom stereocenters. The van der Waals surface area contributed by atoms with Crippen LogP contribution < -0.4 is 0 Å². The van der Waals surface area contributed by atoms with Crippen LogP contribution in [0.1, 0.15) is 113 Å². The van der Waals surface area contributed by atoms with Gasteiger partial charge in [0.05, 0.1) is 25.2 Å². The Morgan fingerprint density at radius 1 is 0.779 bits per heavy atom. The van der Waals surface area contributed by atoms with Crippen molar-refractivity contribution in [3.8, 4) is 0 Å². The molecule has 8 N–H and O–H groups in total. The first-order valence-electron chi connectivity index (χ1n) is 24.1. The summed E-state index contributed by atoms with van der Waals surface area (Å²) in [6.45, 7) is 14.3. The van der Waals surface area contributed by atoms with Gasteiger partial charge in [-0.3, -0.25) is 4.79 Å². The number of rotatable bonds is 10. The zero-order valence-electron chi connectivity index (χ0n) is 40.2. The molecular weight excluding hydrogens is 897 g/mol. The minimum Gasteiger partial charge on any atom is -0.479 e. The number of ether oxygens (including phenoxy) is 8. The maximum atomic E-state index is 14.7. The largest absolute Gasteiger partial charge is 0.479 e. The highest BCUT2D eigenvalue weighted by atomic mass is 16.8. The number of aliphatic hydroxyl groups excluding tert-OH is 5. The molecule has 7 fully saturated rings. The predicted molar refractivity (Wildman–Crippen MR) is 230 cm³/mol. The highest BCUT2D eigenvalue weighted by Gasteiger charge is 2.71. The van der Waals surface area contributed by atoms with Crippen molar-refractivity contribution in [3.05, 3.63) is 11.6 Å². The van der Waals surface area contributed by atoms with E-state index in [9.17, 15) is 60.0 Å². The maximum absolute atomic E-state index is 14.7. The molecule has 0 amide bonds. The Balaban J connectivity index is 1.03. The van der Waals surface area contributed by atoms with Gasteiger partial charge in [-0.25, -0.2) is 14.4 Å². The third-order valence-corrected chi connectivity index (χ3v) is 18.9.